The predicted octanol–water partition coefficient (Wildman–Crippen LogP) is 1.41. The molecule has 1 aromatic carbocycles. The minimum Gasteiger partial charge on any atom is -0.493 e. The van der Waals surface area contributed by atoms with Crippen molar-refractivity contribution < 1.29 is 28.8 Å². The van der Waals surface area contributed by atoms with Crippen LogP contribution in [0.25, 0.3) is 11.0 Å². The van der Waals surface area contributed by atoms with Gasteiger partial charge in [-0.1, -0.05) is 6.92 Å². The maximum Gasteiger partial charge on any atom is 0.336 e. The van der Waals surface area contributed by atoms with E-state index in [1.807, 2.05) is 0 Å². The third-order valence-electron chi connectivity index (χ3n) is 4.00. The molecule has 0 amide bonds. The Bertz CT molecular complexity index is 823. The van der Waals surface area contributed by atoms with E-state index in [-0.39, 0.29) is 24.2 Å². The van der Waals surface area contributed by atoms with E-state index in [0.717, 1.165) is 0 Å². The van der Waals surface area contributed by atoms with Crippen LogP contribution in [-0.2, 0) is 4.74 Å². The SMILES string of the molecule is COc1cc2ccc(=O)oc2cc1OC1=CC(O)C(C)C(CO)O1. The second-order valence-corrected chi connectivity index (χ2v) is 5.57. The number of rotatable bonds is 4. The summed E-state index contributed by atoms with van der Waals surface area (Å²) in [5.41, 5.74) is -0.140. The van der Waals surface area contributed by atoms with Gasteiger partial charge in [0.05, 0.1) is 19.8 Å². The minimum atomic E-state index is -0.810. The molecule has 0 bridgehead atoms. The van der Waals surface area contributed by atoms with Crippen LogP contribution >= 0.6 is 0 Å². The molecule has 7 heteroatoms. The van der Waals surface area contributed by atoms with Crippen LogP contribution in [-0.4, -0.2) is 36.1 Å². The number of hydrogen-bond donors (Lipinski definition) is 2. The van der Waals surface area contributed by atoms with E-state index >= 15 is 0 Å². The number of benzene rings is 1. The molecule has 128 valence electrons. The highest BCUT2D eigenvalue weighted by molar-refractivity contribution is 5.80. The van der Waals surface area contributed by atoms with Gasteiger partial charge < -0.3 is 28.8 Å². The summed E-state index contributed by atoms with van der Waals surface area (Å²) in [6, 6.07) is 6.12. The van der Waals surface area contributed by atoms with Crippen LogP contribution in [0.15, 0.2) is 45.5 Å². The maximum absolute atomic E-state index is 11.4. The molecule has 0 saturated carbocycles. The molecular formula is C17H18O7. The highest BCUT2D eigenvalue weighted by Crippen LogP contribution is 2.34. The van der Waals surface area contributed by atoms with Crippen molar-refractivity contribution >= 4 is 11.0 Å². The van der Waals surface area contributed by atoms with Crippen molar-refractivity contribution in [1.29, 1.82) is 0 Å². The summed E-state index contributed by atoms with van der Waals surface area (Å²) >= 11 is 0. The van der Waals surface area contributed by atoms with Gasteiger partial charge in [0.25, 0.3) is 5.95 Å². The Balaban J connectivity index is 1.97. The van der Waals surface area contributed by atoms with E-state index in [9.17, 15) is 15.0 Å². The van der Waals surface area contributed by atoms with Gasteiger partial charge in [0.15, 0.2) is 11.5 Å². The molecule has 0 spiro atoms. The lowest BCUT2D eigenvalue weighted by Crippen LogP contribution is -2.38. The summed E-state index contributed by atoms with van der Waals surface area (Å²) in [5, 5.41) is 20.0. The normalized spacial score (nSPS) is 23.5. The van der Waals surface area contributed by atoms with E-state index in [1.165, 1.54) is 25.3 Å². The molecule has 1 aromatic heterocycles. The molecule has 1 aliphatic rings. The number of aliphatic hydroxyl groups excluding tert-OH is 2. The standard InChI is InChI=1S/C17H18O7/c1-9-11(19)6-17(24-15(9)8-18)23-14-7-12-10(5-13(14)21-2)3-4-16(20)22-12/h3-7,9,11,15,18-19H,8H2,1-2H3. The van der Waals surface area contributed by atoms with Crippen molar-refractivity contribution in [1.82, 2.24) is 0 Å². The molecule has 0 radical (unpaired) electrons. The number of fused-ring (bicyclic) bond motifs is 1. The Morgan fingerprint density at radius 1 is 1.25 bits per heavy atom. The quantitative estimate of drug-likeness (QED) is 0.816. The molecule has 2 aromatic rings. The zero-order valence-electron chi connectivity index (χ0n) is 13.3. The fourth-order valence-corrected chi connectivity index (χ4v) is 2.49. The highest BCUT2D eigenvalue weighted by Gasteiger charge is 2.31. The van der Waals surface area contributed by atoms with Gasteiger partial charge in [0.1, 0.15) is 11.7 Å². The molecule has 7 nitrogen and oxygen atoms in total. The van der Waals surface area contributed by atoms with Crippen LogP contribution in [0.1, 0.15) is 6.92 Å². The van der Waals surface area contributed by atoms with Crippen LogP contribution in [0.2, 0.25) is 0 Å². The summed E-state index contributed by atoms with van der Waals surface area (Å²) in [6.07, 6.45) is 0.0291. The van der Waals surface area contributed by atoms with E-state index in [0.29, 0.717) is 16.7 Å². The van der Waals surface area contributed by atoms with E-state index < -0.39 is 17.8 Å². The van der Waals surface area contributed by atoms with Crippen molar-refractivity contribution in [2.24, 2.45) is 5.92 Å². The smallest absolute Gasteiger partial charge is 0.336 e. The Labute approximate surface area is 137 Å². The number of methoxy groups -OCH3 is 1. The molecule has 0 fully saturated rings. The molecule has 3 atom stereocenters. The zero-order valence-corrected chi connectivity index (χ0v) is 13.3. The summed E-state index contributed by atoms with van der Waals surface area (Å²) in [7, 11) is 1.48. The van der Waals surface area contributed by atoms with Crippen LogP contribution in [0, 0.1) is 5.92 Å². The van der Waals surface area contributed by atoms with Crippen molar-refractivity contribution in [3.05, 3.63) is 46.7 Å². The zero-order chi connectivity index (χ0) is 17.3. The van der Waals surface area contributed by atoms with Crippen molar-refractivity contribution in [3.8, 4) is 11.5 Å². The van der Waals surface area contributed by atoms with Crippen LogP contribution in [0.3, 0.4) is 0 Å². The summed E-state index contributed by atoms with van der Waals surface area (Å²) in [6.45, 7) is 1.52. The first-order chi connectivity index (χ1) is 11.5. The summed E-state index contributed by atoms with van der Waals surface area (Å²) < 4.78 is 21.6. The van der Waals surface area contributed by atoms with Crippen LogP contribution in [0.4, 0.5) is 0 Å². The topological polar surface area (TPSA) is 98.4 Å². The highest BCUT2D eigenvalue weighted by atomic mass is 16.7. The first-order valence-electron chi connectivity index (χ1n) is 7.49. The lowest BCUT2D eigenvalue weighted by Gasteiger charge is -2.31. The van der Waals surface area contributed by atoms with Crippen molar-refractivity contribution in [2.45, 2.75) is 19.1 Å². The van der Waals surface area contributed by atoms with E-state index in [4.69, 9.17) is 18.6 Å². The molecule has 0 saturated heterocycles. The van der Waals surface area contributed by atoms with Gasteiger partial charge in [0.2, 0.25) is 0 Å². The van der Waals surface area contributed by atoms with Gasteiger partial charge >= 0.3 is 5.63 Å². The fraction of sp³-hybridized carbons (Fsp3) is 0.353. The Morgan fingerprint density at radius 3 is 2.75 bits per heavy atom. The van der Waals surface area contributed by atoms with Gasteiger partial charge in [-0.25, -0.2) is 4.79 Å². The summed E-state index contributed by atoms with van der Waals surface area (Å²) in [5.74, 6) is 0.466. The second-order valence-electron chi connectivity index (χ2n) is 5.57. The third kappa shape index (κ3) is 3.08. The molecule has 3 unspecified atom stereocenters. The first kappa shape index (κ1) is 16.4. The Kier molecular flexibility index (Phi) is 4.46. The molecule has 0 aliphatic carbocycles. The van der Waals surface area contributed by atoms with Crippen molar-refractivity contribution in [2.75, 3.05) is 13.7 Å². The Morgan fingerprint density at radius 2 is 2.04 bits per heavy atom. The lowest BCUT2D eigenvalue weighted by molar-refractivity contribution is -0.0671. The second kappa shape index (κ2) is 6.54. The van der Waals surface area contributed by atoms with E-state index in [2.05, 4.69) is 0 Å². The van der Waals surface area contributed by atoms with Gasteiger partial charge in [-0.05, 0) is 12.1 Å². The summed E-state index contributed by atoms with van der Waals surface area (Å²) in [4.78, 5) is 11.4. The molecular weight excluding hydrogens is 316 g/mol. The van der Waals surface area contributed by atoms with Crippen LogP contribution < -0.4 is 15.1 Å². The largest absolute Gasteiger partial charge is 0.493 e. The number of aliphatic hydroxyl groups is 2. The molecule has 2 heterocycles. The van der Waals surface area contributed by atoms with Gasteiger partial charge in [0, 0.05) is 29.5 Å². The number of ether oxygens (including phenoxy) is 3. The van der Waals surface area contributed by atoms with Gasteiger partial charge in [-0.3, -0.25) is 0 Å². The van der Waals surface area contributed by atoms with Crippen LogP contribution in [0.5, 0.6) is 11.5 Å². The van der Waals surface area contributed by atoms with Gasteiger partial charge in [-0.15, -0.1) is 0 Å². The molecule has 24 heavy (non-hydrogen) atoms. The molecule has 1 aliphatic heterocycles. The molecule has 2 N–H and O–H groups in total. The Hall–Kier alpha value is -2.51. The van der Waals surface area contributed by atoms with Crippen molar-refractivity contribution in [3.63, 3.8) is 0 Å². The fourth-order valence-electron chi connectivity index (χ4n) is 2.49. The minimum absolute atomic E-state index is 0.0515. The van der Waals surface area contributed by atoms with Gasteiger partial charge in [-0.2, -0.15) is 0 Å². The monoisotopic (exact) mass is 334 g/mol. The number of hydrogen-bond acceptors (Lipinski definition) is 7. The third-order valence-corrected chi connectivity index (χ3v) is 4.00. The lowest BCUT2D eigenvalue weighted by atomic mass is 9.96. The average molecular weight is 334 g/mol. The van der Waals surface area contributed by atoms with E-state index in [1.54, 1.807) is 19.1 Å². The average Bonchev–Trinajstić information content (AvgIpc) is 2.57. The first-order valence-corrected chi connectivity index (χ1v) is 7.49. The molecule has 3 rings (SSSR count). The maximum atomic E-state index is 11.4. The predicted molar refractivity (Wildman–Crippen MR) is 84.9 cm³/mol.